The van der Waals surface area contributed by atoms with Crippen LogP contribution in [0.4, 0.5) is 10.6 Å². The first-order valence-electron chi connectivity index (χ1n) is 8.16. The van der Waals surface area contributed by atoms with E-state index in [0.29, 0.717) is 18.3 Å². The van der Waals surface area contributed by atoms with Crippen molar-refractivity contribution >= 4 is 11.8 Å². The number of anilines is 1. The maximum atomic E-state index is 12.5. The predicted octanol–water partition coefficient (Wildman–Crippen LogP) is 2.79. The normalized spacial score (nSPS) is 18.0. The van der Waals surface area contributed by atoms with E-state index in [2.05, 4.69) is 22.3 Å². The average molecular weight is 313 g/mol. The molecule has 1 aliphatic heterocycles. The second-order valence-corrected chi connectivity index (χ2v) is 6.03. The first-order chi connectivity index (χ1) is 11.2. The second-order valence-electron chi connectivity index (χ2n) is 6.03. The number of amides is 2. The largest absolute Gasteiger partial charge is 0.324 e. The summed E-state index contributed by atoms with van der Waals surface area (Å²) in [6, 6.07) is 5.81. The molecular formula is C17H23N5O. The molecular weight excluding hydrogens is 290 g/mol. The molecule has 2 aromatic rings. The minimum absolute atomic E-state index is 0.0811. The van der Waals surface area contributed by atoms with Gasteiger partial charge in [-0.15, -0.1) is 0 Å². The van der Waals surface area contributed by atoms with Gasteiger partial charge in [0.15, 0.2) is 0 Å². The standard InChI is InChI=1S/C17H23N5O/c1-3-13-6-7-16(18-11-13)19-17(23)22-9-4-5-14(12-22)15-8-10-21(2)20-15/h6-8,10-11,14H,3-5,9,12H2,1-2H3,(H,18,19,23). The molecule has 0 bridgehead atoms. The molecule has 6 heteroatoms. The minimum atomic E-state index is -0.0811. The number of rotatable bonds is 3. The van der Waals surface area contributed by atoms with Gasteiger partial charge in [0.2, 0.25) is 0 Å². The van der Waals surface area contributed by atoms with Gasteiger partial charge in [-0.05, 0) is 37.0 Å². The van der Waals surface area contributed by atoms with Gasteiger partial charge in [0.05, 0.1) is 5.69 Å². The van der Waals surface area contributed by atoms with Crippen molar-refractivity contribution in [3.05, 3.63) is 41.9 Å². The number of pyridine rings is 1. The molecule has 122 valence electrons. The number of carbonyl (C=O) groups excluding carboxylic acids is 1. The molecule has 23 heavy (non-hydrogen) atoms. The first-order valence-corrected chi connectivity index (χ1v) is 8.16. The van der Waals surface area contributed by atoms with Crippen molar-refractivity contribution < 1.29 is 4.79 Å². The van der Waals surface area contributed by atoms with Gasteiger partial charge in [0.25, 0.3) is 0 Å². The number of aromatic nitrogens is 3. The molecule has 0 spiro atoms. The molecule has 1 fully saturated rings. The van der Waals surface area contributed by atoms with Crippen LogP contribution < -0.4 is 5.32 Å². The Balaban J connectivity index is 1.62. The Hall–Kier alpha value is -2.37. The zero-order valence-corrected chi connectivity index (χ0v) is 13.7. The quantitative estimate of drug-likeness (QED) is 0.947. The Labute approximate surface area is 136 Å². The molecule has 3 rings (SSSR count). The van der Waals surface area contributed by atoms with Crippen LogP contribution in [-0.4, -0.2) is 38.8 Å². The van der Waals surface area contributed by atoms with E-state index < -0.39 is 0 Å². The lowest BCUT2D eigenvalue weighted by Crippen LogP contribution is -2.41. The lowest BCUT2D eigenvalue weighted by Gasteiger charge is -2.31. The van der Waals surface area contributed by atoms with E-state index in [9.17, 15) is 4.79 Å². The molecule has 1 saturated heterocycles. The van der Waals surface area contributed by atoms with E-state index in [-0.39, 0.29) is 6.03 Å². The number of likely N-dealkylation sites (tertiary alicyclic amines) is 1. The number of hydrogen-bond donors (Lipinski definition) is 1. The van der Waals surface area contributed by atoms with E-state index in [1.54, 1.807) is 0 Å². The van der Waals surface area contributed by atoms with Crippen LogP contribution in [0.15, 0.2) is 30.6 Å². The molecule has 1 N–H and O–H groups in total. The summed E-state index contributed by atoms with van der Waals surface area (Å²) in [4.78, 5) is 18.6. The van der Waals surface area contributed by atoms with Gasteiger partial charge in [-0.3, -0.25) is 10.00 Å². The Morgan fingerprint density at radius 1 is 1.39 bits per heavy atom. The van der Waals surface area contributed by atoms with Crippen molar-refractivity contribution in [3.63, 3.8) is 0 Å². The van der Waals surface area contributed by atoms with Gasteiger partial charge in [-0.1, -0.05) is 13.0 Å². The van der Waals surface area contributed by atoms with Crippen LogP contribution in [0.1, 0.15) is 36.9 Å². The third-order valence-corrected chi connectivity index (χ3v) is 4.33. The molecule has 1 atom stereocenters. The van der Waals surface area contributed by atoms with E-state index in [4.69, 9.17) is 0 Å². The lowest BCUT2D eigenvalue weighted by molar-refractivity contribution is 0.192. The highest BCUT2D eigenvalue weighted by Gasteiger charge is 2.26. The van der Waals surface area contributed by atoms with E-state index in [1.807, 2.05) is 47.2 Å². The third kappa shape index (κ3) is 3.70. The van der Waals surface area contributed by atoms with Crippen molar-refractivity contribution in [1.29, 1.82) is 0 Å². The predicted molar refractivity (Wildman–Crippen MR) is 89.4 cm³/mol. The summed E-state index contributed by atoms with van der Waals surface area (Å²) in [5.41, 5.74) is 2.23. The summed E-state index contributed by atoms with van der Waals surface area (Å²) in [6.45, 7) is 3.57. The Morgan fingerprint density at radius 3 is 2.91 bits per heavy atom. The number of hydrogen-bond acceptors (Lipinski definition) is 3. The first kappa shape index (κ1) is 15.5. The average Bonchev–Trinajstić information content (AvgIpc) is 3.02. The third-order valence-electron chi connectivity index (χ3n) is 4.33. The number of urea groups is 1. The van der Waals surface area contributed by atoms with Crippen LogP contribution in [0.25, 0.3) is 0 Å². The summed E-state index contributed by atoms with van der Waals surface area (Å²) < 4.78 is 1.81. The SMILES string of the molecule is CCc1ccc(NC(=O)N2CCCC(c3ccn(C)n3)C2)nc1. The monoisotopic (exact) mass is 313 g/mol. The summed E-state index contributed by atoms with van der Waals surface area (Å²) in [6.07, 6.45) is 6.77. The Bertz CT molecular complexity index is 664. The minimum Gasteiger partial charge on any atom is -0.324 e. The molecule has 1 unspecified atom stereocenters. The molecule has 2 aromatic heterocycles. The molecule has 0 radical (unpaired) electrons. The zero-order valence-electron chi connectivity index (χ0n) is 13.7. The van der Waals surface area contributed by atoms with Gasteiger partial charge < -0.3 is 4.90 Å². The van der Waals surface area contributed by atoms with Crippen molar-refractivity contribution in [2.24, 2.45) is 7.05 Å². The molecule has 0 saturated carbocycles. The molecule has 3 heterocycles. The fourth-order valence-corrected chi connectivity index (χ4v) is 2.95. The van der Waals surface area contributed by atoms with Crippen molar-refractivity contribution in [1.82, 2.24) is 19.7 Å². The molecule has 1 aliphatic rings. The number of nitrogens with zero attached hydrogens (tertiary/aromatic N) is 4. The molecule has 6 nitrogen and oxygen atoms in total. The van der Waals surface area contributed by atoms with Gasteiger partial charge in [0, 0.05) is 38.4 Å². The van der Waals surface area contributed by atoms with Crippen LogP contribution in [0.2, 0.25) is 0 Å². The molecule has 2 amide bonds. The number of aryl methyl sites for hydroxylation is 2. The Morgan fingerprint density at radius 2 is 2.26 bits per heavy atom. The molecule has 0 aliphatic carbocycles. The van der Waals surface area contributed by atoms with Crippen LogP contribution in [-0.2, 0) is 13.5 Å². The lowest BCUT2D eigenvalue weighted by atomic mass is 9.95. The van der Waals surface area contributed by atoms with E-state index in [1.165, 1.54) is 0 Å². The maximum Gasteiger partial charge on any atom is 0.323 e. The highest BCUT2D eigenvalue weighted by Crippen LogP contribution is 2.25. The van der Waals surface area contributed by atoms with Gasteiger partial charge in [-0.2, -0.15) is 5.10 Å². The maximum absolute atomic E-state index is 12.5. The van der Waals surface area contributed by atoms with Crippen molar-refractivity contribution in [2.45, 2.75) is 32.1 Å². The Kier molecular flexibility index (Phi) is 4.60. The highest BCUT2D eigenvalue weighted by molar-refractivity contribution is 5.88. The zero-order chi connectivity index (χ0) is 16.2. The van der Waals surface area contributed by atoms with Gasteiger partial charge in [0.1, 0.15) is 5.82 Å². The van der Waals surface area contributed by atoms with E-state index >= 15 is 0 Å². The topological polar surface area (TPSA) is 63.1 Å². The number of nitrogens with one attached hydrogen (secondary N) is 1. The summed E-state index contributed by atoms with van der Waals surface area (Å²) in [7, 11) is 1.92. The molecule has 0 aromatic carbocycles. The highest BCUT2D eigenvalue weighted by atomic mass is 16.2. The summed E-state index contributed by atoms with van der Waals surface area (Å²) in [5.74, 6) is 0.915. The fraction of sp³-hybridized carbons (Fsp3) is 0.471. The van der Waals surface area contributed by atoms with Crippen LogP contribution >= 0.6 is 0 Å². The van der Waals surface area contributed by atoms with Crippen LogP contribution in [0.3, 0.4) is 0 Å². The van der Waals surface area contributed by atoms with Gasteiger partial charge in [-0.25, -0.2) is 9.78 Å². The van der Waals surface area contributed by atoms with Crippen molar-refractivity contribution in [3.8, 4) is 0 Å². The second kappa shape index (κ2) is 6.81. The number of piperidine rings is 1. The van der Waals surface area contributed by atoms with Gasteiger partial charge >= 0.3 is 6.03 Å². The summed E-state index contributed by atoms with van der Waals surface area (Å²) >= 11 is 0. The van der Waals surface area contributed by atoms with Crippen LogP contribution in [0.5, 0.6) is 0 Å². The summed E-state index contributed by atoms with van der Waals surface area (Å²) in [5, 5.41) is 7.37. The smallest absolute Gasteiger partial charge is 0.323 e. The number of carbonyl (C=O) groups is 1. The van der Waals surface area contributed by atoms with E-state index in [0.717, 1.165) is 37.1 Å². The van der Waals surface area contributed by atoms with Crippen LogP contribution in [0, 0.1) is 0 Å². The fourth-order valence-electron chi connectivity index (χ4n) is 2.95. The van der Waals surface area contributed by atoms with Crippen molar-refractivity contribution in [2.75, 3.05) is 18.4 Å².